The van der Waals surface area contributed by atoms with E-state index in [0.717, 1.165) is 18.7 Å². The molecule has 0 atom stereocenters. The second kappa shape index (κ2) is 4.01. The molecular formula is C8H14N4. The molecular weight excluding hydrogens is 152 g/mol. The predicted octanol–water partition coefficient (Wildman–Crippen LogP) is 0.163. The summed E-state index contributed by atoms with van der Waals surface area (Å²) in [6, 6.07) is 1.81. The number of hydrogen-bond acceptors (Lipinski definition) is 4. The highest BCUT2D eigenvalue weighted by atomic mass is 15.0. The van der Waals surface area contributed by atoms with Crippen LogP contribution in [0, 0.1) is 0 Å². The van der Waals surface area contributed by atoms with E-state index < -0.39 is 0 Å². The van der Waals surface area contributed by atoms with Crippen molar-refractivity contribution < 1.29 is 0 Å². The van der Waals surface area contributed by atoms with Crippen LogP contribution in [0.1, 0.15) is 5.69 Å². The maximum atomic E-state index is 5.50. The molecule has 4 nitrogen and oxygen atoms in total. The van der Waals surface area contributed by atoms with Gasteiger partial charge in [-0.25, -0.2) is 9.97 Å². The molecule has 0 aromatic carbocycles. The summed E-state index contributed by atoms with van der Waals surface area (Å²) in [5.41, 5.74) is 6.50. The van der Waals surface area contributed by atoms with E-state index in [1.165, 1.54) is 6.33 Å². The lowest BCUT2D eigenvalue weighted by Crippen LogP contribution is -2.15. The Kier molecular flexibility index (Phi) is 2.99. The number of nitrogens with zero attached hydrogens (tertiary/aromatic N) is 3. The van der Waals surface area contributed by atoms with E-state index in [4.69, 9.17) is 5.73 Å². The van der Waals surface area contributed by atoms with Crippen molar-refractivity contribution in [2.75, 3.05) is 26.4 Å². The van der Waals surface area contributed by atoms with E-state index in [1.54, 1.807) is 0 Å². The highest BCUT2D eigenvalue weighted by Crippen LogP contribution is 1.99. The summed E-state index contributed by atoms with van der Waals surface area (Å²) in [6.45, 7) is 0.983. The van der Waals surface area contributed by atoms with Crippen molar-refractivity contribution in [3.8, 4) is 0 Å². The minimum atomic E-state index is 0.541. The Morgan fingerprint density at radius 3 is 2.75 bits per heavy atom. The van der Waals surface area contributed by atoms with E-state index in [-0.39, 0.29) is 0 Å². The molecule has 1 heterocycles. The van der Waals surface area contributed by atoms with Gasteiger partial charge >= 0.3 is 0 Å². The van der Waals surface area contributed by atoms with Crippen LogP contribution in [0.3, 0.4) is 0 Å². The lowest BCUT2D eigenvalue weighted by atomic mass is 10.3. The zero-order valence-electron chi connectivity index (χ0n) is 7.49. The fourth-order valence-corrected chi connectivity index (χ4v) is 0.890. The molecule has 4 heteroatoms. The maximum Gasteiger partial charge on any atom is 0.126 e. The second-order valence-corrected chi connectivity index (χ2v) is 2.99. The van der Waals surface area contributed by atoms with Crippen molar-refractivity contribution >= 4 is 5.82 Å². The SMILES string of the molecule is CN(C)CCc1cc(N)ncn1. The highest BCUT2D eigenvalue weighted by Gasteiger charge is 1.96. The summed E-state index contributed by atoms with van der Waals surface area (Å²) < 4.78 is 0. The molecule has 0 aliphatic rings. The first-order valence-corrected chi connectivity index (χ1v) is 3.89. The third-order valence-electron chi connectivity index (χ3n) is 1.56. The van der Waals surface area contributed by atoms with Gasteiger partial charge in [0.1, 0.15) is 12.1 Å². The Bertz CT molecular complexity index is 247. The standard InChI is InChI=1S/C8H14N4/c1-12(2)4-3-7-5-8(9)11-6-10-7/h5-6H,3-4H2,1-2H3,(H2,9,10,11). The van der Waals surface area contributed by atoms with Crippen LogP contribution in [0.5, 0.6) is 0 Å². The molecule has 0 bridgehead atoms. The first-order chi connectivity index (χ1) is 5.68. The highest BCUT2D eigenvalue weighted by molar-refractivity contribution is 5.27. The lowest BCUT2D eigenvalue weighted by Gasteiger charge is -2.08. The number of hydrogen-bond donors (Lipinski definition) is 1. The van der Waals surface area contributed by atoms with E-state index in [1.807, 2.05) is 20.2 Å². The Morgan fingerprint density at radius 1 is 1.42 bits per heavy atom. The first-order valence-electron chi connectivity index (χ1n) is 3.89. The smallest absolute Gasteiger partial charge is 0.126 e. The number of nitrogen functional groups attached to an aromatic ring is 1. The van der Waals surface area contributed by atoms with Gasteiger partial charge in [-0.1, -0.05) is 0 Å². The normalized spacial score (nSPS) is 10.6. The summed E-state index contributed by atoms with van der Waals surface area (Å²) in [5, 5.41) is 0. The topological polar surface area (TPSA) is 55.0 Å². The number of nitrogens with two attached hydrogens (primary N) is 1. The first kappa shape index (κ1) is 8.93. The van der Waals surface area contributed by atoms with Gasteiger partial charge in [0.25, 0.3) is 0 Å². The third-order valence-corrected chi connectivity index (χ3v) is 1.56. The zero-order chi connectivity index (χ0) is 8.97. The van der Waals surface area contributed by atoms with Gasteiger partial charge in [-0.2, -0.15) is 0 Å². The van der Waals surface area contributed by atoms with Gasteiger partial charge in [-0.3, -0.25) is 0 Å². The monoisotopic (exact) mass is 166 g/mol. The largest absolute Gasteiger partial charge is 0.384 e. The van der Waals surface area contributed by atoms with Crippen LogP contribution in [-0.2, 0) is 6.42 Å². The van der Waals surface area contributed by atoms with E-state index in [0.29, 0.717) is 5.82 Å². The van der Waals surface area contributed by atoms with Crippen molar-refractivity contribution in [1.82, 2.24) is 14.9 Å². The molecule has 0 saturated carbocycles. The summed E-state index contributed by atoms with van der Waals surface area (Å²) in [7, 11) is 4.06. The van der Waals surface area contributed by atoms with Crippen molar-refractivity contribution in [3.05, 3.63) is 18.1 Å². The molecule has 0 fully saturated rings. The molecule has 0 aliphatic heterocycles. The van der Waals surface area contributed by atoms with Crippen molar-refractivity contribution in [1.29, 1.82) is 0 Å². The average molecular weight is 166 g/mol. The van der Waals surface area contributed by atoms with Crippen LogP contribution in [0.4, 0.5) is 5.82 Å². The molecule has 12 heavy (non-hydrogen) atoms. The minimum absolute atomic E-state index is 0.541. The quantitative estimate of drug-likeness (QED) is 0.695. The molecule has 0 saturated heterocycles. The van der Waals surface area contributed by atoms with Crippen LogP contribution >= 0.6 is 0 Å². The van der Waals surface area contributed by atoms with E-state index in [2.05, 4.69) is 14.9 Å². The zero-order valence-corrected chi connectivity index (χ0v) is 7.49. The molecule has 2 N–H and O–H groups in total. The van der Waals surface area contributed by atoms with Gasteiger partial charge in [0.2, 0.25) is 0 Å². The van der Waals surface area contributed by atoms with Gasteiger partial charge in [0.15, 0.2) is 0 Å². The van der Waals surface area contributed by atoms with Crippen LogP contribution in [0.25, 0.3) is 0 Å². The van der Waals surface area contributed by atoms with E-state index in [9.17, 15) is 0 Å². The fraction of sp³-hybridized carbons (Fsp3) is 0.500. The molecule has 0 amide bonds. The summed E-state index contributed by atoms with van der Waals surface area (Å²) in [6.07, 6.45) is 2.42. The van der Waals surface area contributed by atoms with Crippen LogP contribution < -0.4 is 5.73 Å². The van der Waals surface area contributed by atoms with Gasteiger partial charge < -0.3 is 10.6 Å². The third kappa shape index (κ3) is 2.84. The average Bonchev–Trinajstić information content (AvgIpc) is 2.01. The number of likely N-dealkylation sites (N-methyl/N-ethyl adjacent to an activating group) is 1. The molecule has 0 unspecified atom stereocenters. The molecule has 1 aromatic rings. The van der Waals surface area contributed by atoms with Gasteiger partial charge in [0.05, 0.1) is 0 Å². The van der Waals surface area contributed by atoms with Crippen molar-refractivity contribution in [2.45, 2.75) is 6.42 Å². The second-order valence-electron chi connectivity index (χ2n) is 2.99. The van der Waals surface area contributed by atoms with Crippen LogP contribution in [-0.4, -0.2) is 35.5 Å². The van der Waals surface area contributed by atoms with Gasteiger partial charge in [-0.15, -0.1) is 0 Å². The Hall–Kier alpha value is -1.16. The molecule has 66 valence electrons. The predicted molar refractivity (Wildman–Crippen MR) is 48.7 cm³/mol. The summed E-state index contributed by atoms with van der Waals surface area (Å²) >= 11 is 0. The summed E-state index contributed by atoms with van der Waals surface area (Å²) in [5.74, 6) is 0.541. The molecule has 1 aromatic heterocycles. The number of anilines is 1. The Morgan fingerprint density at radius 2 is 2.17 bits per heavy atom. The van der Waals surface area contributed by atoms with E-state index >= 15 is 0 Å². The van der Waals surface area contributed by atoms with Gasteiger partial charge in [0, 0.05) is 24.7 Å². The Balaban J connectivity index is 2.52. The lowest BCUT2D eigenvalue weighted by molar-refractivity contribution is 0.411. The fourth-order valence-electron chi connectivity index (χ4n) is 0.890. The molecule has 1 rings (SSSR count). The molecule has 0 aliphatic carbocycles. The summed E-state index contributed by atoms with van der Waals surface area (Å²) in [4.78, 5) is 10.0. The van der Waals surface area contributed by atoms with Crippen molar-refractivity contribution in [3.63, 3.8) is 0 Å². The number of rotatable bonds is 3. The maximum absolute atomic E-state index is 5.50. The van der Waals surface area contributed by atoms with Crippen LogP contribution in [0.15, 0.2) is 12.4 Å². The molecule has 0 radical (unpaired) electrons. The van der Waals surface area contributed by atoms with Gasteiger partial charge in [-0.05, 0) is 14.1 Å². The van der Waals surface area contributed by atoms with Crippen molar-refractivity contribution in [2.24, 2.45) is 0 Å². The molecule has 0 spiro atoms. The number of aromatic nitrogens is 2. The Labute approximate surface area is 72.4 Å². The minimum Gasteiger partial charge on any atom is -0.384 e. The van der Waals surface area contributed by atoms with Crippen LogP contribution in [0.2, 0.25) is 0 Å².